The van der Waals surface area contributed by atoms with E-state index in [-0.39, 0.29) is 24.0 Å². The number of hydrogen-bond acceptors (Lipinski definition) is 5. The standard InChI is InChI=1S/C23H35N5OS.HI/c1-3-24-22(26-19-23(2,29)20-10-17-30-18-20)25-11-7-12-27-13-15-28(16-14-27)21-8-5-4-6-9-21;/h4-6,8-10,17-18,29H,3,7,11-16,19H2,1-2H3,(H2,24,25,26);1H. The molecule has 3 N–H and O–H groups in total. The van der Waals surface area contributed by atoms with Gasteiger partial charge in [-0.25, -0.2) is 4.99 Å². The van der Waals surface area contributed by atoms with Crippen molar-refractivity contribution in [2.24, 2.45) is 4.99 Å². The van der Waals surface area contributed by atoms with Crippen LogP contribution in [0.2, 0.25) is 0 Å². The Hall–Kier alpha value is -1.36. The van der Waals surface area contributed by atoms with Gasteiger partial charge in [0.25, 0.3) is 0 Å². The van der Waals surface area contributed by atoms with Crippen LogP contribution in [0.3, 0.4) is 0 Å². The van der Waals surface area contributed by atoms with Crippen LogP contribution in [-0.2, 0) is 5.60 Å². The van der Waals surface area contributed by atoms with Gasteiger partial charge in [-0.15, -0.1) is 24.0 Å². The summed E-state index contributed by atoms with van der Waals surface area (Å²) in [6, 6.07) is 12.6. The molecule has 2 heterocycles. The van der Waals surface area contributed by atoms with Gasteiger partial charge in [0.15, 0.2) is 5.96 Å². The molecule has 172 valence electrons. The Morgan fingerprint density at radius 1 is 1.13 bits per heavy atom. The molecule has 3 rings (SSSR count). The number of anilines is 1. The largest absolute Gasteiger partial charge is 0.383 e. The summed E-state index contributed by atoms with van der Waals surface area (Å²) in [5.74, 6) is 0.766. The molecule has 1 unspecified atom stereocenters. The summed E-state index contributed by atoms with van der Waals surface area (Å²) < 4.78 is 0. The second-order valence-electron chi connectivity index (χ2n) is 7.93. The van der Waals surface area contributed by atoms with Gasteiger partial charge in [-0.3, -0.25) is 4.90 Å². The summed E-state index contributed by atoms with van der Waals surface area (Å²) in [5, 5.41) is 21.3. The normalized spacial score (nSPS) is 17.0. The van der Waals surface area contributed by atoms with Crippen molar-refractivity contribution in [3.05, 3.63) is 52.7 Å². The van der Waals surface area contributed by atoms with Gasteiger partial charge in [0.05, 0.1) is 6.54 Å². The molecule has 1 aliphatic heterocycles. The Kier molecular flexibility index (Phi) is 11.1. The van der Waals surface area contributed by atoms with E-state index in [1.807, 2.05) is 23.8 Å². The van der Waals surface area contributed by atoms with Crippen LogP contribution in [0.25, 0.3) is 0 Å². The van der Waals surface area contributed by atoms with Crippen LogP contribution in [0.5, 0.6) is 0 Å². The first kappa shape index (κ1) is 25.9. The lowest BCUT2D eigenvalue weighted by Crippen LogP contribution is -2.47. The van der Waals surface area contributed by atoms with Gasteiger partial charge in [0, 0.05) is 45.0 Å². The predicted octanol–water partition coefficient (Wildman–Crippen LogP) is 3.34. The van der Waals surface area contributed by atoms with Crippen LogP contribution in [0.4, 0.5) is 5.69 Å². The summed E-state index contributed by atoms with van der Waals surface area (Å²) in [6.07, 6.45) is 1.07. The molecule has 1 aromatic carbocycles. The van der Waals surface area contributed by atoms with Crippen molar-refractivity contribution >= 4 is 47.0 Å². The number of nitrogens with one attached hydrogen (secondary N) is 2. The number of aliphatic hydroxyl groups is 1. The fourth-order valence-electron chi connectivity index (χ4n) is 3.61. The highest BCUT2D eigenvalue weighted by Crippen LogP contribution is 2.23. The molecule has 31 heavy (non-hydrogen) atoms. The van der Waals surface area contributed by atoms with Crippen molar-refractivity contribution < 1.29 is 5.11 Å². The molecular formula is C23H36IN5OS. The molecule has 0 bridgehead atoms. The van der Waals surface area contributed by atoms with E-state index < -0.39 is 5.60 Å². The smallest absolute Gasteiger partial charge is 0.191 e. The number of para-hydroxylation sites is 1. The van der Waals surface area contributed by atoms with Gasteiger partial charge < -0.3 is 20.6 Å². The highest BCUT2D eigenvalue weighted by molar-refractivity contribution is 14.0. The molecule has 1 saturated heterocycles. The first-order valence-corrected chi connectivity index (χ1v) is 11.8. The van der Waals surface area contributed by atoms with Crippen LogP contribution in [0.15, 0.2) is 52.2 Å². The van der Waals surface area contributed by atoms with Crippen LogP contribution in [0, 0.1) is 0 Å². The van der Waals surface area contributed by atoms with E-state index >= 15 is 0 Å². The molecule has 1 aliphatic rings. The summed E-state index contributed by atoms with van der Waals surface area (Å²) in [7, 11) is 0. The number of hydrogen-bond donors (Lipinski definition) is 3. The lowest BCUT2D eigenvalue weighted by molar-refractivity contribution is 0.0677. The van der Waals surface area contributed by atoms with Crippen LogP contribution >= 0.6 is 35.3 Å². The van der Waals surface area contributed by atoms with Gasteiger partial charge >= 0.3 is 0 Å². The number of benzene rings is 1. The summed E-state index contributed by atoms with van der Waals surface area (Å²) >= 11 is 1.59. The molecule has 6 nitrogen and oxygen atoms in total. The van der Waals surface area contributed by atoms with E-state index in [0.29, 0.717) is 6.54 Å². The monoisotopic (exact) mass is 557 g/mol. The third-order valence-electron chi connectivity index (χ3n) is 5.47. The fourth-order valence-corrected chi connectivity index (χ4v) is 4.40. The highest BCUT2D eigenvalue weighted by Gasteiger charge is 2.23. The Labute approximate surface area is 207 Å². The number of piperazine rings is 1. The Balaban J connectivity index is 0.00000341. The summed E-state index contributed by atoms with van der Waals surface area (Å²) in [6.45, 7) is 11.3. The van der Waals surface area contributed by atoms with E-state index in [4.69, 9.17) is 0 Å². The van der Waals surface area contributed by atoms with E-state index in [0.717, 1.165) is 63.8 Å². The van der Waals surface area contributed by atoms with Gasteiger partial charge in [-0.2, -0.15) is 11.3 Å². The van der Waals surface area contributed by atoms with Crippen molar-refractivity contribution in [1.29, 1.82) is 0 Å². The summed E-state index contributed by atoms with van der Waals surface area (Å²) in [5.41, 5.74) is 1.30. The zero-order valence-corrected chi connectivity index (χ0v) is 21.7. The molecule has 2 aromatic rings. The zero-order chi connectivity index (χ0) is 21.2. The number of aliphatic imine (C=N–C) groups is 1. The molecule has 1 aromatic heterocycles. The summed E-state index contributed by atoms with van der Waals surface area (Å²) in [4.78, 5) is 9.59. The van der Waals surface area contributed by atoms with Gasteiger partial charge in [0.2, 0.25) is 0 Å². The van der Waals surface area contributed by atoms with E-state index in [1.54, 1.807) is 11.3 Å². The first-order valence-electron chi connectivity index (χ1n) is 10.9. The molecular weight excluding hydrogens is 521 g/mol. The van der Waals surface area contributed by atoms with E-state index in [2.05, 4.69) is 62.7 Å². The lowest BCUT2D eigenvalue weighted by atomic mass is 10.00. The van der Waals surface area contributed by atoms with Crippen LogP contribution in [-0.4, -0.2) is 68.3 Å². The average Bonchev–Trinajstić information content (AvgIpc) is 3.32. The number of thiophene rings is 1. The molecule has 0 amide bonds. The number of nitrogens with zero attached hydrogens (tertiary/aromatic N) is 3. The van der Waals surface area contributed by atoms with Crippen molar-refractivity contribution in [2.75, 3.05) is 57.3 Å². The van der Waals surface area contributed by atoms with Crippen molar-refractivity contribution in [1.82, 2.24) is 15.5 Å². The third-order valence-corrected chi connectivity index (χ3v) is 6.15. The van der Waals surface area contributed by atoms with Gasteiger partial charge in [-0.05, 0) is 61.3 Å². The Morgan fingerprint density at radius 3 is 2.52 bits per heavy atom. The SMILES string of the molecule is CCNC(=NCC(C)(O)c1ccsc1)NCCCN1CCN(c2ccccc2)CC1.I. The topological polar surface area (TPSA) is 63.1 Å². The third kappa shape index (κ3) is 8.25. The molecule has 1 atom stereocenters. The quantitative estimate of drug-likeness (QED) is 0.191. The van der Waals surface area contributed by atoms with Crippen LogP contribution in [0.1, 0.15) is 25.8 Å². The minimum absolute atomic E-state index is 0. The Bertz CT molecular complexity index is 762. The minimum Gasteiger partial charge on any atom is -0.383 e. The predicted molar refractivity (Wildman–Crippen MR) is 143 cm³/mol. The van der Waals surface area contributed by atoms with Gasteiger partial charge in [0.1, 0.15) is 5.60 Å². The maximum atomic E-state index is 10.7. The van der Waals surface area contributed by atoms with Crippen molar-refractivity contribution in [3.8, 4) is 0 Å². The first-order chi connectivity index (χ1) is 14.6. The average molecular weight is 558 g/mol. The second-order valence-corrected chi connectivity index (χ2v) is 8.71. The molecule has 0 radical (unpaired) electrons. The van der Waals surface area contributed by atoms with E-state index in [9.17, 15) is 5.11 Å². The van der Waals surface area contributed by atoms with E-state index in [1.165, 1.54) is 5.69 Å². The molecule has 1 fully saturated rings. The molecule has 8 heteroatoms. The maximum absolute atomic E-state index is 10.7. The number of halogens is 1. The lowest BCUT2D eigenvalue weighted by Gasteiger charge is -2.36. The highest BCUT2D eigenvalue weighted by atomic mass is 127. The molecule has 0 spiro atoms. The molecule has 0 saturated carbocycles. The van der Waals surface area contributed by atoms with Crippen LogP contribution < -0.4 is 15.5 Å². The minimum atomic E-state index is -0.944. The Morgan fingerprint density at radius 2 is 1.87 bits per heavy atom. The number of guanidine groups is 1. The van der Waals surface area contributed by atoms with Gasteiger partial charge in [-0.1, -0.05) is 18.2 Å². The number of rotatable bonds is 9. The van der Waals surface area contributed by atoms with Crippen molar-refractivity contribution in [2.45, 2.75) is 25.9 Å². The van der Waals surface area contributed by atoms with Crippen molar-refractivity contribution in [3.63, 3.8) is 0 Å². The second kappa shape index (κ2) is 13.2. The fraction of sp³-hybridized carbons (Fsp3) is 0.522. The zero-order valence-electron chi connectivity index (χ0n) is 18.6. The molecule has 0 aliphatic carbocycles. The maximum Gasteiger partial charge on any atom is 0.191 e.